The van der Waals surface area contributed by atoms with Gasteiger partial charge in [0, 0.05) is 12.6 Å². The van der Waals surface area contributed by atoms with Crippen LogP contribution in [0, 0.1) is 12.7 Å². The smallest absolute Gasteiger partial charge is 0.266 e. The molecule has 0 saturated carbocycles. The van der Waals surface area contributed by atoms with Crippen molar-refractivity contribution in [2.45, 2.75) is 39.2 Å². The Hall–Kier alpha value is -2.73. The number of hydrogen-bond donors (Lipinski definition) is 0. The quantitative estimate of drug-likeness (QED) is 0.590. The van der Waals surface area contributed by atoms with Crippen LogP contribution in [-0.4, -0.2) is 40.2 Å². The molecule has 0 spiro atoms. The van der Waals surface area contributed by atoms with Crippen LogP contribution in [0.2, 0.25) is 0 Å². The minimum Gasteiger partial charge on any atom is -0.494 e. The Kier molecular flexibility index (Phi) is 5.62. The lowest BCUT2D eigenvalue weighted by atomic mass is 10.2. The highest BCUT2D eigenvalue weighted by Gasteiger charge is 2.19. The Labute approximate surface area is 169 Å². The van der Waals surface area contributed by atoms with E-state index >= 15 is 0 Å². The average Bonchev–Trinajstić information content (AvgIpc) is 3.12. The van der Waals surface area contributed by atoms with E-state index in [9.17, 15) is 9.18 Å². The summed E-state index contributed by atoms with van der Waals surface area (Å²) in [6.45, 7) is 6.91. The van der Waals surface area contributed by atoms with Crippen molar-refractivity contribution in [2.75, 3.05) is 19.7 Å². The zero-order valence-corrected chi connectivity index (χ0v) is 16.9. The first kappa shape index (κ1) is 19.6. The molecule has 29 heavy (non-hydrogen) atoms. The first-order valence-corrected chi connectivity index (χ1v) is 10.2. The van der Waals surface area contributed by atoms with Crippen LogP contribution in [0.5, 0.6) is 5.75 Å². The first-order chi connectivity index (χ1) is 14.0. The summed E-state index contributed by atoms with van der Waals surface area (Å²) < 4.78 is 21.3. The van der Waals surface area contributed by atoms with Gasteiger partial charge in [0.25, 0.3) is 5.56 Å². The molecule has 2 aromatic carbocycles. The molecule has 0 bridgehead atoms. The second-order valence-corrected chi connectivity index (χ2v) is 7.66. The fraction of sp³-hybridized carbons (Fsp3) is 0.391. The first-order valence-electron chi connectivity index (χ1n) is 10.2. The van der Waals surface area contributed by atoms with Crippen LogP contribution in [-0.2, 0) is 0 Å². The van der Waals surface area contributed by atoms with Crippen LogP contribution in [0.15, 0.2) is 47.3 Å². The van der Waals surface area contributed by atoms with E-state index in [0.29, 0.717) is 24.2 Å². The number of fused-ring (bicyclic) bond motifs is 1. The SMILES string of the molecule is Cc1nc2c(F)cccc2c(=O)n1-c1ccc(OCCCN2CCC[C@H]2C)cc1. The van der Waals surface area contributed by atoms with E-state index in [-0.39, 0.29) is 16.5 Å². The molecule has 1 aliphatic rings. The van der Waals surface area contributed by atoms with Gasteiger partial charge in [-0.3, -0.25) is 9.36 Å². The molecule has 6 heteroatoms. The summed E-state index contributed by atoms with van der Waals surface area (Å²) in [6, 6.07) is 12.5. The van der Waals surface area contributed by atoms with E-state index in [4.69, 9.17) is 4.74 Å². The van der Waals surface area contributed by atoms with Gasteiger partial charge >= 0.3 is 0 Å². The van der Waals surface area contributed by atoms with Crippen molar-refractivity contribution < 1.29 is 9.13 Å². The number of rotatable bonds is 6. The molecule has 152 valence electrons. The molecule has 1 atom stereocenters. The van der Waals surface area contributed by atoms with Gasteiger partial charge in [-0.25, -0.2) is 9.37 Å². The number of halogens is 1. The second kappa shape index (κ2) is 8.33. The third kappa shape index (κ3) is 4.03. The molecule has 1 aromatic heterocycles. The molecule has 1 aliphatic heterocycles. The molecule has 2 heterocycles. The van der Waals surface area contributed by atoms with Gasteiger partial charge in [0.1, 0.15) is 22.9 Å². The van der Waals surface area contributed by atoms with Gasteiger partial charge in [-0.15, -0.1) is 0 Å². The molecule has 5 nitrogen and oxygen atoms in total. The van der Waals surface area contributed by atoms with E-state index in [2.05, 4.69) is 16.8 Å². The molecule has 0 amide bonds. The largest absolute Gasteiger partial charge is 0.494 e. The van der Waals surface area contributed by atoms with Gasteiger partial charge in [-0.2, -0.15) is 0 Å². The molecule has 0 aliphatic carbocycles. The topological polar surface area (TPSA) is 47.4 Å². The molecule has 1 saturated heterocycles. The number of nitrogens with zero attached hydrogens (tertiary/aromatic N) is 3. The number of aromatic nitrogens is 2. The highest BCUT2D eigenvalue weighted by atomic mass is 19.1. The van der Waals surface area contributed by atoms with E-state index in [0.717, 1.165) is 18.7 Å². The summed E-state index contributed by atoms with van der Waals surface area (Å²) in [7, 11) is 0. The summed E-state index contributed by atoms with van der Waals surface area (Å²) in [5, 5.41) is 0.270. The lowest BCUT2D eigenvalue weighted by molar-refractivity contribution is 0.230. The summed E-state index contributed by atoms with van der Waals surface area (Å²) in [4.78, 5) is 19.7. The van der Waals surface area contributed by atoms with Crippen molar-refractivity contribution in [3.8, 4) is 11.4 Å². The Morgan fingerprint density at radius 2 is 2.00 bits per heavy atom. The van der Waals surface area contributed by atoms with Crippen LogP contribution in [0.3, 0.4) is 0 Å². The Morgan fingerprint density at radius 3 is 2.72 bits per heavy atom. The van der Waals surface area contributed by atoms with E-state index in [1.165, 1.54) is 36.1 Å². The molecule has 0 N–H and O–H groups in total. The standard InChI is InChI=1S/C23H26FN3O2/c1-16-6-4-13-26(16)14-5-15-29-19-11-9-18(10-12-19)27-17(2)25-22-20(23(27)28)7-3-8-21(22)24/h3,7-12,16H,4-6,13-15H2,1-2H3/t16-/m1/s1. The Bertz CT molecular complexity index is 1060. The Morgan fingerprint density at radius 1 is 1.21 bits per heavy atom. The minimum absolute atomic E-state index is 0.110. The lowest BCUT2D eigenvalue weighted by Crippen LogP contribution is -2.28. The maximum Gasteiger partial charge on any atom is 0.266 e. The van der Waals surface area contributed by atoms with Crippen LogP contribution in [0.4, 0.5) is 4.39 Å². The van der Waals surface area contributed by atoms with Gasteiger partial charge in [-0.1, -0.05) is 6.07 Å². The molecule has 0 unspecified atom stereocenters. The number of benzene rings is 2. The van der Waals surface area contributed by atoms with Crippen LogP contribution in [0.25, 0.3) is 16.6 Å². The number of aryl methyl sites for hydroxylation is 1. The fourth-order valence-corrected chi connectivity index (χ4v) is 4.06. The van der Waals surface area contributed by atoms with Crippen molar-refractivity contribution in [1.82, 2.24) is 14.5 Å². The number of para-hydroxylation sites is 1. The summed E-state index contributed by atoms with van der Waals surface area (Å²) in [5.41, 5.74) is 0.517. The normalized spacial score (nSPS) is 17.1. The minimum atomic E-state index is -0.484. The third-order valence-corrected chi connectivity index (χ3v) is 5.66. The highest BCUT2D eigenvalue weighted by Crippen LogP contribution is 2.19. The van der Waals surface area contributed by atoms with Crippen molar-refractivity contribution in [3.05, 3.63) is 64.5 Å². The maximum absolute atomic E-state index is 14.0. The maximum atomic E-state index is 14.0. The summed E-state index contributed by atoms with van der Waals surface area (Å²) in [6.07, 6.45) is 3.57. The molecular weight excluding hydrogens is 369 g/mol. The molecule has 3 aromatic rings. The predicted molar refractivity (Wildman–Crippen MR) is 112 cm³/mol. The Balaban J connectivity index is 1.46. The number of likely N-dealkylation sites (tertiary alicyclic amines) is 1. The van der Waals surface area contributed by atoms with Crippen molar-refractivity contribution in [2.24, 2.45) is 0 Å². The molecule has 4 rings (SSSR count). The average molecular weight is 395 g/mol. The second-order valence-electron chi connectivity index (χ2n) is 7.66. The third-order valence-electron chi connectivity index (χ3n) is 5.66. The zero-order chi connectivity index (χ0) is 20.4. The van der Waals surface area contributed by atoms with Crippen LogP contribution in [0.1, 0.15) is 32.0 Å². The van der Waals surface area contributed by atoms with Gasteiger partial charge in [0.15, 0.2) is 0 Å². The van der Waals surface area contributed by atoms with Crippen molar-refractivity contribution in [3.63, 3.8) is 0 Å². The highest BCUT2D eigenvalue weighted by molar-refractivity contribution is 5.78. The van der Waals surface area contributed by atoms with E-state index < -0.39 is 5.82 Å². The van der Waals surface area contributed by atoms with Gasteiger partial charge in [0.2, 0.25) is 0 Å². The van der Waals surface area contributed by atoms with Crippen LogP contribution < -0.4 is 10.3 Å². The van der Waals surface area contributed by atoms with E-state index in [1.54, 1.807) is 13.0 Å². The number of hydrogen-bond acceptors (Lipinski definition) is 4. The molecular formula is C23H26FN3O2. The van der Waals surface area contributed by atoms with Gasteiger partial charge < -0.3 is 9.64 Å². The summed E-state index contributed by atoms with van der Waals surface area (Å²) in [5.74, 6) is 0.733. The lowest BCUT2D eigenvalue weighted by Gasteiger charge is -2.20. The molecule has 1 fully saturated rings. The van der Waals surface area contributed by atoms with Crippen molar-refractivity contribution >= 4 is 10.9 Å². The van der Waals surface area contributed by atoms with Crippen molar-refractivity contribution in [1.29, 1.82) is 0 Å². The van der Waals surface area contributed by atoms with Gasteiger partial charge in [0.05, 0.1) is 17.7 Å². The fourth-order valence-electron chi connectivity index (χ4n) is 4.06. The van der Waals surface area contributed by atoms with E-state index in [1.807, 2.05) is 24.3 Å². The van der Waals surface area contributed by atoms with Gasteiger partial charge in [-0.05, 0) is 76.1 Å². The summed E-state index contributed by atoms with van der Waals surface area (Å²) >= 11 is 0. The zero-order valence-electron chi connectivity index (χ0n) is 16.9. The predicted octanol–water partition coefficient (Wildman–Crippen LogP) is 4.09. The number of ether oxygens (including phenoxy) is 1. The monoisotopic (exact) mass is 395 g/mol. The molecule has 0 radical (unpaired) electrons. The van der Waals surface area contributed by atoms with Crippen LogP contribution >= 0.6 is 0 Å².